The summed E-state index contributed by atoms with van der Waals surface area (Å²) in [7, 11) is 0. The zero-order chi connectivity index (χ0) is 21.1. The van der Waals surface area contributed by atoms with Crippen molar-refractivity contribution in [2.75, 3.05) is 5.32 Å². The number of halogens is 3. The largest absolute Gasteiger partial charge is 0.486 e. The van der Waals surface area contributed by atoms with Gasteiger partial charge >= 0.3 is 6.61 Å². The molecule has 0 bridgehead atoms. The second-order valence-electron chi connectivity index (χ2n) is 5.99. The zero-order valence-electron chi connectivity index (χ0n) is 15.1. The van der Waals surface area contributed by atoms with Gasteiger partial charge in [-0.15, -0.1) is 0 Å². The standard InChI is InChI=1S/C20H13BrF2N2O4S/c21-11-1-3-12(4-2-11)27-10-14-6-8-16(28-14)18(26)25-20-24-15-7-5-13(29-19(22)23)9-17(15)30-20/h1-9,19H,10H2,(H,24,25,26). The number of furan rings is 1. The molecule has 0 aliphatic carbocycles. The molecular weight excluding hydrogens is 482 g/mol. The molecule has 0 fully saturated rings. The lowest BCUT2D eigenvalue weighted by molar-refractivity contribution is -0.0497. The smallest absolute Gasteiger partial charge is 0.387 e. The molecule has 1 amide bonds. The molecule has 0 unspecified atom stereocenters. The van der Waals surface area contributed by atoms with E-state index in [9.17, 15) is 13.6 Å². The van der Waals surface area contributed by atoms with Gasteiger partial charge in [-0.1, -0.05) is 27.3 Å². The van der Waals surface area contributed by atoms with E-state index in [0.29, 0.717) is 26.9 Å². The van der Waals surface area contributed by atoms with Crippen molar-refractivity contribution in [3.8, 4) is 11.5 Å². The van der Waals surface area contributed by atoms with Crippen molar-refractivity contribution in [1.82, 2.24) is 4.98 Å². The first kappa shape index (κ1) is 20.3. The highest BCUT2D eigenvalue weighted by atomic mass is 79.9. The third-order valence-electron chi connectivity index (χ3n) is 3.89. The molecular formula is C20H13BrF2N2O4S. The second kappa shape index (κ2) is 8.80. The van der Waals surface area contributed by atoms with Gasteiger partial charge in [-0.3, -0.25) is 10.1 Å². The normalized spacial score (nSPS) is 11.1. The van der Waals surface area contributed by atoms with E-state index in [2.05, 4.69) is 31.0 Å². The summed E-state index contributed by atoms with van der Waals surface area (Å²) in [4.78, 5) is 16.7. The van der Waals surface area contributed by atoms with Crippen LogP contribution < -0.4 is 14.8 Å². The van der Waals surface area contributed by atoms with Crippen LogP contribution in [0.1, 0.15) is 16.3 Å². The van der Waals surface area contributed by atoms with Crippen molar-refractivity contribution in [2.24, 2.45) is 0 Å². The van der Waals surface area contributed by atoms with Crippen LogP contribution in [0.5, 0.6) is 11.5 Å². The van der Waals surface area contributed by atoms with Gasteiger partial charge in [0.25, 0.3) is 5.91 Å². The molecule has 0 radical (unpaired) electrons. The number of carbonyl (C=O) groups is 1. The Morgan fingerprint density at radius 3 is 2.67 bits per heavy atom. The monoisotopic (exact) mass is 494 g/mol. The van der Waals surface area contributed by atoms with Crippen molar-refractivity contribution >= 4 is 48.5 Å². The Balaban J connectivity index is 1.39. The fourth-order valence-electron chi connectivity index (χ4n) is 2.56. The van der Waals surface area contributed by atoms with Crippen LogP contribution in [-0.2, 0) is 6.61 Å². The third kappa shape index (κ3) is 4.95. The summed E-state index contributed by atoms with van der Waals surface area (Å²) in [6.45, 7) is -2.74. The number of carbonyl (C=O) groups excluding carboxylic acids is 1. The highest BCUT2D eigenvalue weighted by Crippen LogP contribution is 2.30. The van der Waals surface area contributed by atoms with Gasteiger partial charge in [0.15, 0.2) is 10.9 Å². The van der Waals surface area contributed by atoms with E-state index in [1.807, 2.05) is 24.3 Å². The summed E-state index contributed by atoms with van der Waals surface area (Å²) in [6.07, 6.45) is 0. The van der Waals surface area contributed by atoms with Crippen molar-refractivity contribution in [3.05, 3.63) is 70.6 Å². The Kier molecular flexibility index (Phi) is 5.96. The Hall–Kier alpha value is -2.98. The lowest BCUT2D eigenvalue weighted by atomic mass is 10.3. The molecule has 1 N–H and O–H groups in total. The predicted molar refractivity (Wildman–Crippen MR) is 111 cm³/mol. The fraction of sp³-hybridized carbons (Fsp3) is 0.100. The highest BCUT2D eigenvalue weighted by Gasteiger charge is 2.15. The van der Waals surface area contributed by atoms with Crippen LogP contribution in [0.15, 0.2) is 63.5 Å². The summed E-state index contributed by atoms with van der Waals surface area (Å²) >= 11 is 4.49. The zero-order valence-corrected chi connectivity index (χ0v) is 17.5. The van der Waals surface area contributed by atoms with Crippen LogP contribution >= 0.6 is 27.3 Å². The van der Waals surface area contributed by atoms with E-state index in [0.717, 1.165) is 15.8 Å². The van der Waals surface area contributed by atoms with Crippen LogP contribution in [-0.4, -0.2) is 17.5 Å². The number of nitrogens with one attached hydrogen (secondary N) is 1. The van der Waals surface area contributed by atoms with Crippen LogP contribution in [0.2, 0.25) is 0 Å². The molecule has 154 valence electrons. The number of benzene rings is 2. The highest BCUT2D eigenvalue weighted by molar-refractivity contribution is 9.10. The SMILES string of the molecule is O=C(Nc1nc2ccc(OC(F)F)cc2s1)c1ccc(COc2ccc(Br)cc2)o1. The van der Waals surface area contributed by atoms with Gasteiger partial charge in [0.05, 0.1) is 10.2 Å². The summed E-state index contributed by atoms with van der Waals surface area (Å²) in [6, 6.07) is 14.9. The van der Waals surface area contributed by atoms with Gasteiger partial charge in [-0.2, -0.15) is 8.78 Å². The summed E-state index contributed by atoms with van der Waals surface area (Å²) in [5, 5.41) is 2.95. The maximum absolute atomic E-state index is 12.4. The maximum Gasteiger partial charge on any atom is 0.387 e. The first-order valence-corrected chi connectivity index (χ1v) is 10.2. The Morgan fingerprint density at radius 2 is 1.90 bits per heavy atom. The molecule has 0 aliphatic rings. The summed E-state index contributed by atoms with van der Waals surface area (Å²) in [5.41, 5.74) is 0.556. The number of ether oxygens (including phenoxy) is 2. The summed E-state index contributed by atoms with van der Waals surface area (Å²) < 4.78 is 41.7. The molecule has 2 heterocycles. The topological polar surface area (TPSA) is 73.6 Å². The minimum absolute atomic E-state index is 0.0282. The second-order valence-corrected chi connectivity index (χ2v) is 7.94. The molecule has 2 aromatic carbocycles. The Labute approximate surface area is 181 Å². The molecule has 4 aromatic rings. The van der Waals surface area contributed by atoms with Crippen LogP contribution in [0.3, 0.4) is 0 Å². The number of thiazole rings is 1. The van der Waals surface area contributed by atoms with Crippen molar-refractivity contribution in [2.45, 2.75) is 13.2 Å². The Bertz CT molecular complexity index is 1180. The number of rotatable bonds is 7. The summed E-state index contributed by atoms with van der Waals surface area (Å²) in [5.74, 6) is 0.810. The minimum Gasteiger partial charge on any atom is -0.486 e. The molecule has 2 aromatic heterocycles. The van der Waals surface area contributed by atoms with E-state index in [-0.39, 0.29) is 18.1 Å². The van der Waals surface area contributed by atoms with Gasteiger partial charge in [0.1, 0.15) is 23.9 Å². The van der Waals surface area contributed by atoms with Gasteiger partial charge in [-0.25, -0.2) is 4.98 Å². The first-order valence-electron chi connectivity index (χ1n) is 8.60. The number of hydrogen-bond acceptors (Lipinski definition) is 6. The molecule has 0 atom stereocenters. The third-order valence-corrected chi connectivity index (χ3v) is 5.35. The van der Waals surface area contributed by atoms with Crippen molar-refractivity contribution in [3.63, 3.8) is 0 Å². The number of alkyl halides is 2. The molecule has 0 spiro atoms. The van der Waals surface area contributed by atoms with Crippen LogP contribution in [0, 0.1) is 0 Å². The van der Waals surface area contributed by atoms with Gasteiger partial charge in [0, 0.05) is 4.47 Å². The maximum atomic E-state index is 12.4. The first-order chi connectivity index (χ1) is 14.5. The number of fused-ring (bicyclic) bond motifs is 1. The molecule has 0 aliphatic heterocycles. The molecule has 6 nitrogen and oxygen atoms in total. The fourth-order valence-corrected chi connectivity index (χ4v) is 3.71. The van der Waals surface area contributed by atoms with Gasteiger partial charge in [-0.05, 0) is 54.6 Å². The minimum atomic E-state index is -2.91. The number of anilines is 1. The van der Waals surface area contributed by atoms with Crippen molar-refractivity contribution < 1.29 is 27.5 Å². The van der Waals surface area contributed by atoms with Crippen LogP contribution in [0.25, 0.3) is 10.2 Å². The predicted octanol–water partition coefficient (Wildman–Crippen LogP) is 6.08. The van der Waals surface area contributed by atoms with E-state index in [1.165, 1.54) is 18.2 Å². The molecule has 0 saturated carbocycles. The van der Waals surface area contributed by atoms with Gasteiger partial charge in [0.2, 0.25) is 0 Å². The average Bonchev–Trinajstić information content (AvgIpc) is 3.33. The molecule has 10 heteroatoms. The number of aromatic nitrogens is 1. The number of hydrogen-bond donors (Lipinski definition) is 1. The van der Waals surface area contributed by atoms with E-state index in [4.69, 9.17) is 9.15 Å². The number of nitrogens with zero attached hydrogens (tertiary/aromatic N) is 1. The van der Waals surface area contributed by atoms with Crippen LogP contribution in [0.4, 0.5) is 13.9 Å². The van der Waals surface area contributed by atoms with Gasteiger partial charge < -0.3 is 13.9 Å². The lowest BCUT2D eigenvalue weighted by Gasteiger charge is -2.04. The average molecular weight is 495 g/mol. The molecule has 0 saturated heterocycles. The quantitative estimate of drug-likeness (QED) is 0.336. The van der Waals surface area contributed by atoms with E-state index >= 15 is 0 Å². The van der Waals surface area contributed by atoms with Crippen molar-refractivity contribution in [1.29, 1.82) is 0 Å². The lowest BCUT2D eigenvalue weighted by Crippen LogP contribution is -2.10. The van der Waals surface area contributed by atoms with E-state index < -0.39 is 12.5 Å². The number of amides is 1. The molecule has 30 heavy (non-hydrogen) atoms. The van der Waals surface area contributed by atoms with E-state index in [1.54, 1.807) is 12.1 Å². The molecule has 4 rings (SSSR count). The Morgan fingerprint density at radius 1 is 1.13 bits per heavy atom.